The summed E-state index contributed by atoms with van der Waals surface area (Å²) in [5.74, 6) is -0.230. The highest BCUT2D eigenvalue weighted by atomic mass is 16.1. The highest BCUT2D eigenvalue weighted by Gasteiger charge is 2.15. The molecule has 0 heterocycles. The summed E-state index contributed by atoms with van der Waals surface area (Å²) >= 11 is 0. The number of rotatable bonds is 0. The van der Waals surface area contributed by atoms with Gasteiger partial charge in [0.15, 0.2) is 11.6 Å². The molecule has 0 radical (unpaired) electrons. The Kier molecular flexibility index (Phi) is 2.11. The summed E-state index contributed by atoms with van der Waals surface area (Å²) in [6.07, 6.45) is 13.1. The number of hydrogen-bond acceptors (Lipinski definition) is 2. The Balaban J connectivity index is 2.50. The second-order valence-corrected chi connectivity index (χ2v) is 2.99. The van der Waals surface area contributed by atoms with Gasteiger partial charge in [-0.1, -0.05) is 36.5 Å². The van der Waals surface area contributed by atoms with E-state index in [2.05, 4.69) is 0 Å². The average molecular weight is 184 g/mol. The highest BCUT2D eigenvalue weighted by Crippen LogP contribution is 2.17. The quantitative estimate of drug-likeness (QED) is 0.537. The van der Waals surface area contributed by atoms with Gasteiger partial charge in [0.05, 0.1) is 0 Å². The van der Waals surface area contributed by atoms with Gasteiger partial charge in [-0.3, -0.25) is 9.59 Å². The molecule has 0 aromatic heterocycles. The van der Waals surface area contributed by atoms with Crippen LogP contribution < -0.4 is 0 Å². The summed E-state index contributed by atoms with van der Waals surface area (Å²) in [7, 11) is 0. The van der Waals surface area contributed by atoms with Gasteiger partial charge < -0.3 is 0 Å². The van der Waals surface area contributed by atoms with Gasteiger partial charge in [-0.15, -0.1) is 0 Å². The Morgan fingerprint density at radius 3 is 1.29 bits per heavy atom. The molecule has 0 amide bonds. The van der Waals surface area contributed by atoms with E-state index in [1.165, 1.54) is 12.2 Å². The predicted octanol–water partition coefficient (Wildman–Crippen LogP) is 1.67. The number of hydrogen-bond donors (Lipinski definition) is 0. The molecule has 0 bridgehead atoms. The monoisotopic (exact) mass is 184 g/mol. The van der Waals surface area contributed by atoms with Gasteiger partial charge in [-0.2, -0.15) is 0 Å². The lowest BCUT2D eigenvalue weighted by molar-refractivity contribution is -0.113. The second-order valence-electron chi connectivity index (χ2n) is 2.99. The maximum atomic E-state index is 11.4. The molecule has 0 saturated carbocycles. The number of carbonyl (C=O) groups excluding carboxylic acids is 2. The fraction of sp³-hybridized carbons (Fsp3) is 0. The molecular formula is C12H8O2. The first-order valence-corrected chi connectivity index (χ1v) is 4.31. The van der Waals surface area contributed by atoms with Crippen LogP contribution in [0.4, 0.5) is 0 Å². The van der Waals surface area contributed by atoms with Crippen molar-refractivity contribution in [3.63, 3.8) is 0 Å². The molecule has 0 unspecified atom stereocenters. The Morgan fingerprint density at radius 1 is 0.571 bits per heavy atom. The van der Waals surface area contributed by atoms with Crippen molar-refractivity contribution in [3.8, 4) is 0 Å². The third kappa shape index (κ3) is 1.42. The zero-order valence-corrected chi connectivity index (χ0v) is 7.44. The summed E-state index contributed by atoms with van der Waals surface area (Å²) in [6, 6.07) is 0. The molecule has 0 aromatic rings. The van der Waals surface area contributed by atoms with E-state index in [0.29, 0.717) is 11.1 Å². The van der Waals surface area contributed by atoms with Crippen molar-refractivity contribution in [1.29, 1.82) is 0 Å². The maximum absolute atomic E-state index is 11.4. The Hall–Kier alpha value is -1.96. The van der Waals surface area contributed by atoms with Crippen LogP contribution in [0.15, 0.2) is 59.8 Å². The molecule has 0 fully saturated rings. The van der Waals surface area contributed by atoms with Gasteiger partial charge in [0, 0.05) is 11.1 Å². The van der Waals surface area contributed by atoms with Crippen molar-refractivity contribution in [2.75, 3.05) is 0 Å². The minimum absolute atomic E-state index is 0.115. The van der Waals surface area contributed by atoms with Crippen LogP contribution in [0.1, 0.15) is 0 Å². The van der Waals surface area contributed by atoms with Gasteiger partial charge in [0.25, 0.3) is 0 Å². The van der Waals surface area contributed by atoms with Gasteiger partial charge in [0.2, 0.25) is 0 Å². The topological polar surface area (TPSA) is 34.1 Å². The summed E-state index contributed by atoms with van der Waals surface area (Å²) in [5.41, 5.74) is 0.941. The highest BCUT2D eigenvalue weighted by molar-refractivity contribution is 6.17. The molecule has 2 rings (SSSR count). The van der Waals surface area contributed by atoms with Crippen LogP contribution in [0.25, 0.3) is 0 Å². The lowest BCUT2D eigenvalue weighted by atomic mass is 9.95. The van der Waals surface area contributed by atoms with Gasteiger partial charge in [0.1, 0.15) is 0 Å². The van der Waals surface area contributed by atoms with Crippen molar-refractivity contribution in [2.24, 2.45) is 0 Å². The molecule has 2 nitrogen and oxygen atoms in total. The standard InChI is InChI=1S/C12H8O2/c13-11-7-3-1-5-9(11)10-6-2-4-8-12(10)14/h1-8H/b10-9+. The number of carbonyl (C=O) groups is 2. The zero-order chi connectivity index (χ0) is 9.97. The summed E-state index contributed by atoms with van der Waals surface area (Å²) in [6.45, 7) is 0. The first kappa shape index (κ1) is 8.63. The molecule has 68 valence electrons. The third-order valence-electron chi connectivity index (χ3n) is 2.06. The first-order valence-electron chi connectivity index (χ1n) is 4.31. The van der Waals surface area contributed by atoms with Crippen LogP contribution in [-0.4, -0.2) is 11.6 Å². The first-order chi connectivity index (χ1) is 6.79. The van der Waals surface area contributed by atoms with E-state index < -0.39 is 0 Å². The van der Waals surface area contributed by atoms with E-state index in [9.17, 15) is 9.59 Å². The summed E-state index contributed by atoms with van der Waals surface area (Å²) in [5, 5.41) is 0. The average Bonchev–Trinajstić information content (AvgIpc) is 2.20. The SMILES string of the molecule is O=C1C=CC=C/C1=C1/C=CC=CC1=O. The van der Waals surface area contributed by atoms with Crippen LogP contribution in [0.3, 0.4) is 0 Å². The molecule has 0 aromatic carbocycles. The summed E-state index contributed by atoms with van der Waals surface area (Å²) < 4.78 is 0. The lowest BCUT2D eigenvalue weighted by Gasteiger charge is -2.07. The van der Waals surface area contributed by atoms with Crippen LogP contribution in [0, 0.1) is 0 Å². The predicted molar refractivity (Wildman–Crippen MR) is 53.6 cm³/mol. The largest absolute Gasteiger partial charge is 0.289 e. The van der Waals surface area contributed by atoms with E-state index >= 15 is 0 Å². The molecule has 0 atom stereocenters. The lowest BCUT2D eigenvalue weighted by Crippen LogP contribution is -2.09. The Labute approximate surface area is 81.6 Å². The van der Waals surface area contributed by atoms with Crippen molar-refractivity contribution in [3.05, 3.63) is 59.8 Å². The fourth-order valence-corrected chi connectivity index (χ4v) is 1.38. The van der Waals surface area contributed by atoms with Crippen molar-refractivity contribution in [2.45, 2.75) is 0 Å². The second kappa shape index (κ2) is 3.42. The van der Waals surface area contributed by atoms with Crippen LogP contribution >= 0.6 is 0 Å². The number of allylic oxidation sites excluding steroid dienone is 10. The molecular weight excluding hydrogens is 176 g/mol. The Bertz CT molecular complexity index is 401. The van der Waals surface area contributed by atoms with E-state index in [1.807, 2.05) is 0 Å². The van der Waals surface area contributed by atoms with Gasteiger partial charge in [-0.25, -0.2) is 0 Å². The van der Waals surface area contributed by atoms with Crippen LogP contribution in [-0.2, 0) is 9.59 Å². The fourth-order valence-electron chi connectivity index (χ4n) is 1.38. The number of ketones is 2. The van der Waals surface area contributed by atoms with Crippen molar-refractivity contribution in [1.82, 2.24) is 0 Å². The van der Waals surface area contributed by atoms with E-state index in [-0.39, 0.29) is 11.6 Å². The normalized spacial score (nSPS) is 24.9. The molecule has 2 aliphatic carbocycles. The van der Waals surface area contributed by atoms with E-state index in [4.69, 9.17) is 0 Å². The zero-order valence-electron chi connectivity index (χ0n) is 7.44. The molecule has 2 aliphatic rings. The molecule has 2 heteroatoms. The molecule has 14 heavy (non-hydrogen) atoms. The minimum atomic E-state index is -0.115. The molecule has 0 aliphatic heterocycles. The van der Waals surface area contributed by atoms with Gasteiger partial charge in [-0.05, 0) is 12.2 Å². The van der Waals surface area contributed by atoms with Gasteiger partial charge >= 0.3 is 0 Å². The molecule has 0 saturated heterocycles. The van der Waals surface area contributed by atoms with E-state index in [1.54, 1.807) is 36.5 Å². The maximum Gasteiger partial charge on any atom is 0.186 e. The van der Waals surface area contributed by atoms with Crippen molar-refractivity contribution >= 4 is 11.6 Å². The van der Waals surface area contributed by atoms with Crippen molar-refractivity contribution < 1.29 is 9.59 Å². The minimum Gasteiger partial charge on any atom is -0.289 e. The van der Waals surface area contributed by atoms with Crippen LogP contribution in [0.5, 0.6) is 0 Å². The smallest absolute Gasteiger partial charge is 0.186 e. The Morgan fingerprint density at radius 2 is 0.929 bits per heavy atom. The molecule has 0 spiro atoms. The molecule has 0 N–H and O–H groups in total. The third-order valence-corrected chi connectivity index (χ3v) is 2.06. The van der Waals surface area contributed by atoms with Crippen LogP contribution in [0.2, 0.25) is 0 Å². The van der Waals surface area contributed by atoms with E-state index in [0.717, 1.165) is 0 Å². The summed E-state index contributed by atoms with van der Waals surface area (Å²) in [4.78, 5) is 22.9.